The molecule has 0 aliphatic carbocycles. The number of benzene rings is 1. The van der Waals surface area contributed by atoms with Crippen molar-refractivity contribution in [3.63, 3.8) is 0 Å². The molecule has 0 saturated carbocycles. The normalized spacial score (nSPS) is 10.8. The monoisotopic (exact) mass is 491 g/mol. The number of rotatable bonds is 13. The van der Waals surface area contributed by atoms with Crippen molar-refractivity contribution in [2.24, 2.45) is 5.92 Å². The van der Waals surface area contributed by atoms with Gasteiger partial charge in [0.05, 0.1) is 27.9 Å². The molecule has 1 amide bonds. The van der Waals surface area contributed by atoms with Crippen LogP contribution in [0.3, 0.4) is 0 Å². The van der Waals surface area contributed by atoms with E-state index in [0.29, 0.717) is 48.4 Å². The van der Waals surface area contributed by atoms with Gasteiger partial charge < -0.3 is 30.2 Å². The molecule has 11 nitrogen and oxygen atoms in total. The minimum atomic E-state index is -0.621. The first kappa shape index (κ1) is 27.6. The van der Waals surface area contributed by atoms with Gasteiger partial charge in [-0.1, -0.05) is 27.2 Å². The zero-order chi connectivity index (χ0) is 26.1. The summed E-state index contributed by atoms with van der Waals surface area (Å²) in [5, 5.41) is 2.81. The number of aromatic amines is 1. The summed E-state index contributed by atoms with van der Waals surface area (Å²) in [4.78, 5) is 42.1. The Morgan fingerprint density at radius 1 is 1.14 bits per heavy atom. The first-order valence-electron chi connectivity index (χ1n) is 11.6. The lowest BCUT2D eigenvalue weighted by atomic mass is 10.1. The molecule has 2 aromatic rings. The molecule has 1 heterocycles. The van der Waals surface area contributed by atoms with Gasteiger partial charge in [-0.3, -0.25) is 19.1 Å². The molecule has 2 rings (SSSR count). The molecule has 194 valence electrons. The zero-order valence-electron chi connectivity index (χ0n) is 21.4. The first-order chi connectivity index (χ1) is 16.7. The molecular formula is C24H37N5O6. The number of amides is 1. The van der Waals surface area contributed by atoms with Crippen LogP contribution in [0.15, 0.2) is 21.7 Å². The number of hydrogen-bond donors (Lipinski definition) is 3. The second-order valence-electron chi connectivity index (χ2n) is 8.56. The standard InChI is InChI=1S/C24H37N5O6/c1-7-8-10-29-22(25)20(23(31)27-24(29)32)28(11-9-15(2)3)14-19(30)26-16-12-17(33-4)21(35-6)18(13-16)34-5/h12-13,15H,7-11,14,25H2,1-6H3,(H,26,30)(H,27,31,32). The summed E-state index contributed by atoms with van der Waals surface area (Å²) in [5.41, 5.74) is 5.66. The number of carbonyl (C=O) groups is 1. The number of unbranched alkanes of at least 4 members (excludes halogenated alkanes) is 1. The predicted molar refractivity (Wildman–Crippen MR) is 137 cm³/mol. The van der Waals surface area contributed by atoms with Gasteiger partial charge in [0.1, 0.15) is 11.5 Å². The molecule has 0 fully saturated rings. The first-order valence-corrected chi connectivity index (χ1v) is 11.6. The lowest BCUT2D eigenvalue weighted by molar-refractivity contribution is -0.115. The Labute approximate surface area is 205 Å². The number of ether oxygens (including phenoxy) is 3. The number of nitrogen functional groups attached to an aromatic ring is 1. The van der Waals surface area contributed by atoms with Gasteiger partial charge in [0.25, 0.3) is 5.56 Å². The fourth-order valence-corrected chi connectivity index (χ4v) is 3.63. The Balaban J connectivity index is 2.40. The molecule has 0 spiro atoms. The van der Waals surface area contributed by atoms with E-state index in [1.807, 2.05) is 20.8 Å². The van der Waals surface area contributed by atoms with Crippen molar-refractivity contribution in [1.29, 1.82) is 0 Å². The molecule has 0 aliphatic heterocycles. The van der Waals surface area contributed by atoms with Crippen molar-refractivity contribution in [3.05, 3.63) is 33.0 Å². The quantitative estimate of drug-likeness (QED) is 0.388. The molecule has 4 N–H and O–H groups in total. The molecule has 35 heavy (non-hydrogen) atoms. The molecule has 11 heteroatoms. The van der Waals surface area contributed by atoms with Gasteiger partial charge in [0, 0.05) is 30.9 Å². The number of aromatic nitrogens is 2. The minimum absolute atomic E-state index is 0.0524. The van der Waals surface area contributed by atoms with E-state index in [4.69, 9.17) is 19.9 Å². The Morgan fingerprint density at radius 3 is 2.29 bits per heavy atom. The molecule has 1 aromatic heterocycles. The van der Waals surface area contributed by atoms with Crippen LogP contribution in [-0.2, 0) is 11.3 Å². The highest BCUT2D eigenvalue weighted by atomic mass is 16.5. The van der Waals surface area contributed by atoms with Crippen LogP contribution in [0.1, 0.15) is 40.0 Å². The lowest BCUT2D eigenvalue weighted by Crippen LogP contribution is -2.42. The summed E-state index contributed by atoms with van der Waals surface area (Å²) < 4.78 is 17.4. The SMILES string of the molecule is CCCCn1c(N)c(N(CCC(C)C)CC(=O)Nc2cc(OC)c(OC)c(OC)c2)c(=O)[nH]c1=O. The number of carbonyl (C=O) groups excluding carboxylic acids is 1. The van der Waals surface area contributed by atoms with Gasteiger partial charge in [0.2, 0.25) is 11.7 Å². The van der Waals surface area contributed by atoms with Crippen LogP contribution in [-0.4, -0.2) is 49.9 Å². The van der Waals surface area contributed by atoms with Crippen molar-refractivity contribution >= 4 is 23.1 Å². The van der Waals surface area contributed by atoms with Crippen LogP contribution in [0, 0.1) is 5.92 Å². The number of nitrogens with two attached hydrogens (primary N) is 1. The summed E-state index contributed by atoms with van der Waals surface area (Å²) in [7, 11) is 4.46. The summed E-state index contributed by atoms with van der Waals surface area (Å²) in [6.07, 6.45) is 2.29. The Hall–Kier alpha value is -3.63. The molecule has 0 saturated heterocycles. The van der Waals surface area contributed by atoms with Crippen molar-refractivity contribution < 1.29 is 19.0 Å². The highest BCUT2D eigenvalue weighted by molar-refractivity contribution is 5.95. The van der Waals surface area contributed by atoms with Crippen molar-refractivity contribution in [1.82, 2.24) is 9.55 Å². The van der Waals surface area contributed by atoms with E-state index in [1.54, 1.807) is 17.0 Å². The Bertz CT molecular complexity index is 1100. The van der Waals surface area contributed by atoms with E-state index in [1.165, 1.54) is 25.9 Å². The number of anilines is 3. The number of nitrogens with zero attached hydrogens (tertiary/aromatic N) is 2. The van der Waals surface area contributed by atoms with Gasteiger partial charge in [0.15, 0.2) is 11.5 Å². The van der Waals surface area contributed by atoms with Gasteiger partial charge in [-0.05, 0) is 18.8 Å². The highest BCUT2D eigenvalue weighted by Crippen LogP contribution is 2.39. The average Bonchev–Trinajstić information content (AvgIpc) is 2.81. The lowest BCUT2D eigenvalue weighted by Gasteiger charge is -2.26. The van der Waals surface area contributed by atoms with Crippen molar-refractivity contribution in [2.75, 3.05) is 50.4 Å². The third kappa shape index (κ3) is 6.93. The topological polar surface area (TPSA) is 141 Å². The van der Waals surface area contributed by atoms with Crippen LogP contribution in [0.4, 0.5) is 17.2 Å². The summed E-state index contributed by atoms with van der Waals surface area (Å²) in [6.45, 7) is 6.72. The van der Waals surface area contributed by atoms with Gasteiger partial charge >= 0.3 is 5.69 Å². The number of nitrogens with one attached hydrogen (secondary N) is 2. The van der Waals surface area contributed by atoms with Crippen molar-refractivity contribution in [2.45, 2.75) is 46.6 Å². The van der Waals surface area contributed by atoms with Crippen LogP contribution >= 0.6 is 0 Å². The van der Waals surface area contributed by atoms with Crippen LogP contribution in [0.25, 0.3) is 0 Å². The highest BCUT2D eigenvalue weighted by Gasteiger charge is 2.22. The third-order valence-corrected chi connectivity index (χ3v) is 5.52. The van der Waals surface area contributed by atoms with E-state index in [2.05, 4.69) is 10.3 Å². The number of H-pyrrole nitrogens is 1. The maximum atomic E-state index is 13.1. The molecule has 1 aromatic carbocycles. The van der Waals surface area contributed by atoms with E-state index >= 15 is 0 Å². The summed E-state index contributed by atoms with van der Waals surface area (Å²) in [5.74, 6) is 1.18. The maximum Gasteiger partial charge on any atom is 0.330 e. The van der Waals surface area contributed by atoms with Crippen LogP contribution < -0.4 is 41.4 Å². The summed E-state index contributed by atoms with van der Waals surface area (Å²) in [6, 6.07) is 3.23. The van der Waals surface area contributed by atoms with Crippen LogP contribution in [0.5, 0.6) is 17.2 Å². The molecule has 0 radical (unpaired) electrons. The van der Waals surface area contributed by atoms with E-state index < -0.39 is 11.2 Å². The van der Waals surface area contributed by atoms with Gasteiger partial charge in [-0.15, -0.1) is 0 Å². The fourth-order valence-electron chi connectivity index (χ4n) is 3.63. The average molecular weight is 492 g/mol. The minimum Gasteiger partial charge on any atom is -0.493 e. The summed E-state index contributed by atoms with van der Waals surface area (Å²) >= 11 is 0. The molecular weight excluding hydrogens is 454 g/mol. The number of methoxy groups -OCH3 is 3. The second kappa shape index (κ2) is 12.7. The Kier molecular flexibility index (Phi) is 10.0. The second-order valence-corrected chi connectivity index (χ2v) is 8.56. The number of hydrogen-bond acceptors (Lipinski definition) is 8. The fraction of sp³-hybridized carbons (Fsp3) is 0.542. The smallest absolute Gasteiger partial charge is 0.330 e. The molecule has 0 unspecified atom stereocenters. The maximum absolute atomic E-state index is 13.1. The van der Waals surface area contributed by atoms with Gasteiger partial charge in [-0.25, -0.2) is 4.79 Å². The predicted octanol–water partition coefficient (Wildman–Crippen LogP) is 2.44. The molecule has 0 aliphatic rings. The third-order valence-electron chi connectivity index (χ3n) is 5.52. The zero-order valence-corrected chi connectivity index (χ0v) is 21.4. The largest absolute Gasteiger partial charge is 0.493 e. The van der Waals surface area contributed by atoms with Crippen LogP contribution in [0.2, 0.25) is 0 Å². The van der Waals surface area contributed by atoms with Gasteiger partial charge in [-0.2, -0.15) is 0 Å². The molecule has 0 bridgehead atoms. The van der Waals surface area contributed by atoms with E-state index in [0.717, 1.165) is 12.8 Å². The Morgan fingerprint density at radius 2 is 1.77 bits per heavy atom. The van der Waals surface area contributed by atoms with E-state index in [9.17, 15) is 14.4 Å². The van der Waals surface area contributed by atoms with Crippen molar-refractivity contribution in [3.8, 4) is 17.2 Å². The molecule has 0 atom stereocenters. The van der Waals surface area contributed by atoms with E-state index in [-0.39, 0.29) is 24.0 Å².